The molecule has 7 heteroatoms. The van der Waals surface area contributed by atoms with Crippen LogP contribution in [0.25, 0.3) is 11.8 Å². The number of halogens is 1. The van der Waals surface area contributed by atoms with Crippen LogP contribution in [-0.2, 0) is 13.7 Å². The van der Waals surface area contributed by atoms with Crippen LogP contribution in [0.5, 0.6) is 5.75 Å². The summed E-state index contributed by atoms with van der Waals surface area (Å²) in [5, 5.41) is 7.68. The number of para-hydroxylation sites is 1. The molecule has 1 aromatic heterocycles. The quantitative estimate of drug-likeness (QED) is 0.676. The average Bonchev–Trinajstić information content (AvgIpc) is 2.93. The predicted octanol–water partition coefficient (Wildman–Crippen LogP) is 2.95. The Kier molecular flexibility index (Phi) is 4.61. The Bertz CT molecular complexity index is 946. The Labute approximate surface area is 147 Å². The highest BCUT2D eigenvalue weighted by atomic mass is 79.9. The van der Waals surface area contributed by atoms with E-state index >= 15 is 0 Å². The number of aromatic nitrogens is 4. The van der Waals surface area contributed by atoms with Crippen molar-refractivity contribution in [2.45, 2.75) is 6.61 Å². The van der Waals surface area contributed by atoms with Crippen LogP contribution in [0.1, 0.15) is 11.1 Å². The molecule has 0 unspecified atom stereocenters. The Morgan fingerprint density at radius 2 is 2.00 bits per heavy atom. The topological polar surface area (TPSA) is 61.9 Å². The van der Waals surface area contributed by atoms with Crippen LogP contribution < -0.4 is 10.4 Å². The fourth-order valence-corrected chi connectivity index (χ4v) is 2.71. The number of benzene rings is 2. The molecule has 0 radical (unpaired) electrons. The molecule has 3 rings (SSSR count). The van der Waals surface area contributed by atoms with Crippen LogP contribution in [-0.4, -0.2) is 19.8 Å². The molecule has 0 aliphatic carbocycles. The molecule has 0 spiro atoms. The van der Waals surface area contributed by atoms with Gasteiger partial charge in [0.05, 0.1) is 10.2 Å². The Morgan fingerprint density at radius 1 is 1.21 bits per heavy atom. The summed E-state index contributed by atoms with van der Waals surface area (Å²) in [5.41, 5.74) is 1.99. The first-order valence-corrected chi connectivity index (χ1v) is 8.02. The van der Waals surface area contributed by atoms with Crippen LogP contribution in [0, 0.1) is 0 Å². The summed E-state index contributed by atoms with van der Waals surface area (Å²) in [6.45, 7) is 4.10. The van der Waals surface area contributed by atoms with E-state index in [0.717, 1.165) is 15.6 Å². The van der Waals surface area contributed by atoms with Gasteiger partial charge in [0.25, 0.3) is 0 Å². The minimum absolute atomic E-state index is 0.267. The van der Waals surface area contributed by atoms with Crippen molar-refractivity contribution in [3.8, 4) is 11.4 Å². The predicted molar refractivity (Wildman–Crippen MR) is 95.2 cm³/mol. The van der Waals surface area contributed by atoms with Crippen LogP contribution in [0.15, 0.2) is 58.3 Å². The van der Waals surface area contributed by atoms with E-state index in [-0.39, 0.29) is 12.3 Å². The maximum Gasteiger partial charge on any atom is 0.368 e. The fourth-order valence-electron chi connectivity index (χ4n) is 2.32. The molecule has 6 nitrogen and oxygen atoms in total. The molecule has 0 aliphatic heterocycles. The van der Waals surface area contributed by atoms with Crippen molar-refractivity contribution in [1.82, 2.24) is 19.8 Å². The van der Waals surface area contributed by atoms with E-state index in [9.17, 15) is 4.79 Å². The Hall–Kier alpha value is -2.67. The summed E-state index contributed by atoms with van der Waals surface area (Å²) in [7, 11) is 1.56. The monoisotopic (exact) mass is 386 g/mol. The van der Waals surface area contributed by atoms with Crippen molar-refractivity contribution in [2.75, 3.05) is 0 Å². The first-order chi connectivity index (χ1) is 11.6. The average molecular weight is 387 g/mol. The molecule has 0 saturated heterocycles. The van der Waals surface area contributed by atoms with Crippen LogP contribution in [0.4, 0.5) is 0 Å². The van der Waals surface area contributed by atoms with Gasteiger partial charge >= 0.3 is 5.69 Å². The van der Waals surface area contributed by atoms with Gasteiger partial charge in [-0.15, -0.1) is 0 Å². The Morgan fingerprint density at radius 3 is 2.67 bits per heavy atom. The van der Waals surface area contributed by atoms with Crippen molar-refractivity contribution >= 4 is 22.0 Å². The second-order valence-corrected chi connectivity index (χ2v) is 5.92. The number of ether oxygens (including phenoxy) is 1. The van der Waals surface area contributed by atoms with Gasteiger partial charge in [0.1, 0.15) is 12.4 Å². The number of rotatable bonds is 5. The van der Waals surface area contributed by atoms with Gasteiger partial charge in [-0.2, -0.15) is 9.36 Å². The fraction of sp³-hybridized carbons (Fsp3) is 0.118. The molecule has 122 valence electrons. The summed E-state index contributed by atoms with van der Waals surface area (Å²) >= 11 is 3.46. The van der Waals surface area contributed by atoms with E-state index in [1.165, 1.54) is 9.36 Å². The van der Waals surface area contributed by atoms with E-state index in [1.54, 1.807) is 13.1 Å². The standard InChI is InChI=1S/C17H15BrN4O2/c1-3-12-7-6-9-15(22-17(23)21(2)19-20-22)13(12)11-24-16-10-5-4-8-14(16)18/h3-10H,1,11H2,2H3. The van der Waals surface area contributed by atoms with Gasteiger partial charge in [0, 0.05) is 12.6 Å². The summed E-state index contributed by atoms with van der Waals surface area (Å²) in [6.07, 6.45) is 1.73. The van der Waals surface area contributed by atoms with Crippen molar-refractivity contribution in [3.05, 3.63) is 75.1 Å². The van der Waals surface area contributed by atoms with E-state index in [4.69, 9.17) is 4.74 Å². The van der Waals surface area contributed by atoms with Gasteiger partial charge in [0.2, 0.25) is 0 Å². The minimum Gasteiger partial charge on any atom is -0.488 e. The highest BCUT2D eigenvalue weighted by Crippen LogP contribution is 2.26. The summed E-state index contributed by atoms with van der Waals surface area (Å²) in [4.78, 5) is 12.2. The van der Waals surface area contributed by atoms with Crippen molar-refractivity contribution in [3.63, 3.8) is 0 Å². The lowest BCUT2D eigenvalue weighted by Crippen LogP contribution is -2.23. The number of nitrogens with zero attached hydrogens (tertiary/aromatic N) is 4. The summed E-state index contributed by atoms with van der Waals surface area (Å²) in [5.74, 6) is 0.716. The maximum absolute atomic E-state index is 12.2. The molecule has 24 heavy (non-hydrogen) atoms. The second kappa shape index (κ2) is 6.84. The lowest BCUT2D eigenvalue weighted by atomic mass is 10.1. The van der Waals surface area contributed by atoms with Gasteiger partial charge in [0.15, 0.2) is 0 Å². The molecular formula is C17H15BrN4O2. The number of aryl methyl sites for hydroxylation is 1. The van der Waals surface area contributed by atoms with Gasteiger partial charge < -0.3 is 4.74 Å². The third-order valence-corrected chi connectivity index (χ3v) is 4.22. The number of hydrogen-bond acceptors (Lipinski definition) is 4. The lowest BCUT2D eigenvalue weighted by molar-refractivity contribution is 0.303. The largest absolute Gasteiger partial charge is 0.488 e. The number of tetrazole rings is 1. The van der Waals surface area contributed by atoms with E-state index in [0.29, 0.717) is 11.4 Å². The zero-order valence-electron chi connectivity index (χ0n) is 13.0. The van der Waals surface area contributed by atoms with E-state index < -0.39 is 0 Å². The molecule has 0 fully saturated rings. The third kappa shape index (κ3) is 3.03. The molecule has 0 atom stereocenters. The first kappa shape index (κ1) is 16.2. The van der Waals surface area contributed by atoms with Gasteiger partial charge in [-0.25, -0.2) is 4.79 Å². The number of hydrogen-bond donors (Lipinski definition) is 0. The van der Waals surface area contributed by atoms with Crippen molar-refractivity contribution in [2.24, 2.45) is 7.05 Å². The molecule has 0 bridgehead atoms. The normalized spacial score (nSPS) is 10.6. The van der Waals surface area contributed by atoms with Gasteiger partial charge in [-0.05, 0) is 50.1 Å². The van der Waals surface area contributed by atoms with Gasteiger partial charge in [-0.1, -0.05) is 36.9 Å². The third-order valence-electron chi connectivity index (χ3n) is 3.57. The molecule has 0 aliphatic rings. The van der Waals surface area contributed by atoms with E-state index in [1.807, 2.05) is 42.5 Å². The molecule has 0 amide bonds. The highest BCUT2D eigenvalue weighted by Gasteiger charge is 2.14. The lowest BCUT2D eigenvalue weighted by Gasteiger charge is -2.14. The summed E-state index contributed by atoms with van der Waals surface area (Å²) in [6, 6.07) is 13.2. The molecular weight excluding hydrogens is 372 g/mol. The zero-order chi connectivity index (χ0) is 17.1. The highest BCUT2D eigenvalue weighted by molar-refractivity contribution is 9.10. The smallest absolute Gasteiger partial charge is 0.368 e. The zero-order valence-corrected chi connectivity index (χ0v) is 14.6. The van der Waals surface area contributed by atoms with Crippen molar-refractivity contribution in [1.29, 1.82) is 0 Å². The van der Waals surface area contributed by atoms with E-state index in [2.05, 4.69) is 32.9 Å². The van der Waals surface area contributed by atoms with Crippen LogP contribution in [0.2, 0.25) is 0 Å². The molecule has 2 aromatic carbocycles. The molecule has 0 N–H and O–H groups in total. The van der Waals surface area contributed by atoms with Crippen LogP contribution >= 0.6 is 15.9 Å². The first-order valence-electron chi connectivity index (χ1n) is 7.23. The molecule has 3 aromatic rings. The molecule has 1 heterocycles. The Balaban J connectivity index is 2.03. The van der Waals surface area contributed by atoms with Crippen LogP contribution in [0.3, 0.4) is 0 Å². The minimum atomic E-state index is -0.321. The molecule has 0 saturated carbocycles. The SMILES string of the molecule is C=Cc1cccc(-n2nnn(C)c2=O)c1COc1ccccc1Br. The van der Waals surface area contributed by atoms with Gasteiger partial charge in [-0.3, -0.25) is 0 Å². The van der Waals surface area contributed by atoms with Crippen molar-refractivity contribution < 1.29 is 4.74 Å². The maximum atomic E-state index is 12.2. The second-order valence-electron chi connectivity index (χ2n) is 5.07. The summed E-state index contributed by atoms with van der Waals surface area (Å²) < 4.78 is 9.20.